The first kappa shape index (κ1) is 17.6. The van der Waals surface area contributed by atoms with E-state index in [1.165, 1.54) is 6.39 Å². The third-order valence-electron chi connectivity index (χ3n) is 4.10. The maximum absolute atomic E-state index is 12.2. The average molecular weight is 347 g/mol. The van der Waals surface area contributed by atoms with Crippen LogP contribution < -0.4 is 0 Å². The van der Waals surface area contributed by atoms with E-state index in [-0.39, 0.29) is 11.9 Å². The smallest absolute Gasteiger partial charge is 0.309 e. The Labute approximate surface area is 147 Å². The minimum Gasteiger partial charge on any atom is -0.460 e. The number of hydrogen-bond acceptors (Lipinski definition) is 7. The van der Waals surface area contributed by atoms with Crippen molar-refractivity contribution in [3.63, 3.8) is 0 Å². The first-order valence-corrected chi connectivity index (χ1v) is 8.60. The molecule has 0 amide bonds. The molecule has 2 aromatic heterocycles. The molecule has 8 heteroatoms. The van der Waals surface area contributed by atoms with Crippen molar-refractivity contribution in [2.75, 3.05) is 13.1 Å². The molecule has 1 aliphatic rings. The standard InChI is InChI=1S/C17H25N5O3/c1-17(2,3)25-16(23)13-4-6-21(7-5-13)9-14-10-22(20-19-14)11-15-8-18-12-24-15/h8,10,12-13H,4-7,9,11H2,1-3H3. The molecule has 0 N–H and O–H groups in total. The fourth-order valence-electron chi connectivity index (χ4n) is 2.91. The van der Waals surface area contributed by atoms with E-state index in [2.05, 4.69) is 20.2 Å². The number of carbonyl (C=O) groups excluding carboxylic acids is 1. The molecule has 1 saturated heterocycles. The van der Waals surface area contributed by atoms with Gasteiger partial charge in [0.2, 0.25) is 0 Å². The summed E-state index contributed by atoms with van der Waals surface area (Å²) in [5.74, 6) is 0.664. The molecule has 0 aliphatic carbocycles. The van der Waals surface area contributed by atoms with Crippen LogP contribution in [-0.2, 0) is 22.6 Å². The van der Waals surface area contributed by atoms with Gasteiger partial charge in [-0.2, -0.15) is 0 Å². The Bertz CT molecular complexity index is 681. The lowest BCUT2D eigenvalue weighted by Gasteiger charge is -2.31. The molecule has 0 atom stereocenters. The molecule has 0 unspecified atom stereocenters. The van der Waals surface area contributed by atoms with Crippen LogP contribution in [0.4, 0.5) is 0 Å². The second-order valence-electron chi connectivity index (χ2n) is 7.46. The molecular formula is C17H25N5O3. The molecule has 2 aromatic rings. The van der Waals surface area contributed by atoms with Gasteiger partial charge in [0, 0.05) is 6.54 Å². The van der Waals surface area contributed by atoms with Crippen LogP contribution in [0, 0.1) is 5.92 Å². The number of hydrogen-bond donors (Lipinski definition) is 0. The Balaban J connectivity index is 1.46. The van der Waals surface area contributed by atoms with E-state index < -0.39 is 5.60 Å². The van der Waals surface area contributed by atoms with Crippen molar-refractivity contribution >= 4 is 5.97 Å². The van der Waals surface area contributed by atoms with Crippen molar-refractivity contribution in [3.05, 3.63) is 30.2 Å². The lowest BCUT2D eigenvalue weighted by atomic mass is 9.96. The molecule has 25 heavy (non-hydrogen) atoms. The molecule has 0 aromatic carbocycles. The van der Waals surface area contributed by atoms with Crippen LogP contribution >= 0.6 is 0 Å². The van der Waals surface area contributed by atoms with Gasteiger partial charge in [0.15, 0.2) is 6.39 Å². The van der Waals surface area contributed by atoms with Crippen molar-refractivity contribution < 1.29 is 13.9 Å². The van der Waals surface area contributed by atoms with Crippen LogP contribution in [0.15, 0.2) is 23.2 Å². The molecule has 8 nitrogen and oxygen atoms in total. The summed E-state index contributed by atoms with van der Waals surface area (Å²) in [4.78, 5) is 18.3. The summed E-state index contributed by atoms with van der Waals surface area (Å²) >= 11 is 0. The van der Waals surface area contributed by atoms with Crippen LogP contribution in [0.3, 0.4) is 0 Å². The van der Waals surface area contributed by atoms with Crippen molar-refractivity contribution in [2.24, 2.45) is 5.92 Å². The molecule has 3 rings (SSSR count). The Morgan fingerprint density at radius 3 is 2.72 bits per heavy atom. The van der Waals surface area contributed by atoms with Crippen LogP contribution in [0.25, 0.3) is 0 Å². The van der Waals surface area contributed by atoms with Gasteiger partial charge < -0.3 is 9.15 Å². The van der Waals surface area contributed by atoms with Crippen LogP contribution in [0.1, 0.15) is 45.1 Å². The molecule has 3 heterocycles. The van der Waals surface area contributed by atoms with Gasteiger partial charge in [-0.05, 0) is 46.7 Å². The molecule has 1 aliphatic heterocycles. The number of esters is 1. The highest BCUT2D eigenvalue weighted by molar-refractivity contribution is 5.73. The van der Waals surface area contributed by atoms with E-state index >= 15 is 0 Å². The zero-order chi connectivity index (χ0) is 17.9. The number of carbonyl (C=O) groups is 1. The second kappa shape index (κ2) is 7.35. The lowest BCUT2D eigenvalue weighted by Crippen LogP contribution is -2.38. The molecule has 1 fully saturated rings. The van der Waals surface area contributed by atoms with Gasteiger partial charge in [-0.3, -0.25) is 9.69 Å². The zero-order valence-corrected chi connectivity index (χ0v) is 15.0. The Morgan fingerprint density at radius 2 is 2.08 bits per heavy atom. The number of oxazole rings is 1. The Morgan fingerprint density at radius 1 is 1.32 bits per heavy atom. The summed E-state index contributed by atoms with van der Waals surface area (Å²) in [5.41, 5.74) is 0.492. The normalized spacial score (nSPS) is 16.9. The number of rotatable bonds is 5. The first-order chi connectivity index (χ1) is 11.9. The van der Waals surface area contributed by atoms with E-state index in [1.807, 2.05) is 27.0 Å². The van der Waals surface area contributed by atoms with Crippen LogP contribution in [0.5, 0.6) is 0 Å². The van der Waals surface area contributed by atoms with Gasteiger partial charge in [0.1, 0.15) is 17.9 Å². The Kier molecular flexibility index (Phi) is 5.17. The average Bonchev–Trinajstić information content (AvgIpc) is 3.19. The predicted molar refractivity (Wildman–Crippen MR) is 89.5 cm³/mol. The molecule has 0 saturated carbocycles. The molecular weight excluding hydrogens is 322 g/mol. The molecule has 136 valence electrons. The van der Waals surface area contributed by atoms with Gasteiger partial charge in [0.25, 0.3) is 0 Å². The van der Waals surface area contributed by atoms with E-state index in [4.69, 9.17) is 9.15 Å². The number of ether oxygens (including phenoxy) is 1. The van der Waals surface area contributed by atoms with Gasteiger partial charge in [-0.1, -0.05) is 5.21 Å². The van der Waals surface area contributed by atoms with Gasteiger partial charge in [-0.15, -0.1) is 5.10 Å². The molecule has 0 spiro atoms. The number of piperidine rings is 1. The third kappa shape index (κ3) is 5.12. The summed E-state index contributed by atoms with van der Waals surface area (Å²) in [6.45, 7) is 8.69. The monoisotopic (exact) mass is 347 g/mol. The highest BCUT2D eigenvalue weighted by Crippen LogP contribution is 2.22. The highest BCUT2D eigenvalue weighted by Gasteiger charge is 2.29. The van der Waals surface area contributed by atoms with Gasteiger partial charge in [0.05, 0.1) is 24.0 Å². The summed E-state index contributed by atoms with van der Waals surface area (Å²) in [7, 11) is 0. The summed E-state index contributed by atoms with van der Waals surface area (Å²) < 4.78 is 12.4. The summed E-state index contributed by atoms with van der Waals surface area (Å²) in [6, 6.07) is 0. The van der Waals surface area contributed by atoms with Crippen molar-refractivity contribution in [3.8, 4) is 0 Å². The van der Waals surface area contributed by atoms with Crippen molar-refractivity contribution in [1.82, 2.24) is 24.9 Å². The largest absolute Gasteiger partial charge is 0.460 e. The van der Waals surface area contributed by atoms with Crippen molar-refractivity contribution in [1.29, 1.82) is 0 Å². The SMILES string of the molecule is CC(C)(C)OC(=O)C1CCN(Cc2cn(Cc3cnco3)nn2)CC1. The predicted octanol–water partition coefficient (Wildman–Crippen LogP) is 1.87. The maximum atomic E-state index is 12.2. The van der Waals surface area contributed by atoms with E-state index in [0.717, 1.165) is 43.9 Å². The van der Waals surface area contributed by atoms with Gasteiger partial charge >= 0.3 is 5.97 Å². The van der Waals surface area contributed by atoms with Crippen LogP contribution in [0.2, 0.25) is 0 Å². The number of likely N-dealkylation sites (tertiary alicyclic amines) is 1. The molecule has 0 radical (unpaired) electrons. The topological polar surface area (TPSA) is 86.3 Å². The molecule has 0 bridgehead atoms. The lowest BCUT2D eigenvalue weighted by molar-refractivity contribution is -0.161. The number of nitrogens with zero attached hydrogens (tertiary/aromatic N) is 5. The van der Waals surface area contributed by atoms with E-state index in [9.17, 15) is 4.79 Å². The zero-order valence-electron chi connectivity index (χ0n) is 15.0. The van der Waals surface area contributed by atoms with Gasteiger partial charge in [-0.25, -0.2) is 9.67 Å². The van der Waals surface area contributed by atoms with Crippen molar-refractivity contribution in [2.45, 2.75) is 52.3 Å². The van der Waals surface area contributed by atoms with E-state index in [1.54, 1.807) is 10.9 Å². The third-order valence-corrected chi connectivity index (χ3v) is 4.10. The first-order valence-electron chi connectivity index (χ1n) is 8.60. The summed E-state index contributed by atoms with van der Waals surface area (Å²) in [6.07, 6.45) is 6.63. The summed E-state index contributed by atoms with van der Waals surface area (Å²) in [5, 5.41) is 8.33. The fourth-order valence-corrected chi connectivity index (χ4v) is 2.91. The van der Waals surface area contributed by atoms with Crippen LogP contribution in [-0.4, -0.2) is 49.5 Å². The second-order valence-corrected chi connectivity index (χ2v) is 7.46. The maximum Gasteiger partial charge on any atom is 0.309 e. The van der Waals surface area contributed by atoms with E-state index in [0.29, 0.717) is 6.54 Å². The quantitative estimate of drug-likeness (QED) is 0.763. The number of aromatic nitrogens is 4. The fraction of sp³-hybridized carbons (Fsp3) is 0.647. The minimum absolute atomic E-state index is 0.00221. The Hall–Kier alpha value is -2.22. The minimum atomic E-state index is -0.420. The highest BCUT2D eigenvalue weighted by atomic mass is 16.6.